The fourth-order valence-electron chi connectivity index (χ4n) is 1.09. The molecule has 0 aliphatic heterocycles. The molecule has 0 unspecified atom stereocenters. The van der Waals surface area contributed by atoms with Gasteiger partial charge in [-0.15, -0.1) is 0 Å². The monoisotopic (exact) mass is 281 g/mol. The minimum Gasteiger partial charge on any atom is -0.298 e. The molecule has 82 valence electrons. The van der Waals surface area contributed by atoms with Crippen LogP contribution in [0.4, 0.5) is 5.69 Å². The Labute approximate surface area is 101 Å². The van der Waals surface area contributed by atoms with E-state index in [-0.39, 0.29) is 11.3 Å². The number of rotatable bonds is 3. The maximum atomic E-state index is 10.7. The van der Waals surface area contributed by atoms with Gasteiger partial charge in [-0.3, -0.25) is 14.9 Å². The molecular weight excluding hydrogens is 274 g/mol. The summed E-state index contributed by atoms with van der Waals surface area (Å²) in [5, 5.41) is 11.4. The molecule has 0 radical (unpaired) electrons. The van der Waals surface area contributed by atoms with Gasteiger partial charge in [-0.05, 0) is 12.1 Å². The molecule has 5 heteroatoms. The molecule has 0 aliphatic rings. The van der Waals surface area contributed by atoms with Crippen molar-refractivity contribution in [2.24, 2.45) is 0 Å². The maximum Gasteiger partial charge on any atom is 0.281 e. The molecule has 0 aliphatic carbocycles. The second-order valence-electron chi connectivity index (χ2n) is 2.89. The Bertz CT molecular complexity index is 474. The molecule has 1 aromatic carbocycles. The van der Waals surface area contributed by atoms with Crippen LogP contribution in [-0.4, -0.2) is 16.5 Å². The van der Waals surface area contributed by atoms with Gasteiger partial charge >= 0.3 is 0 Å². The fourth-order valence-corrected chi connectivity index (χ4v) is 1.29. The summed E-state index contributed by atoms with van der Waals surface area (Å²) in [5.41, 5.74) is 0.398. The Morgan fingerprint density at radius 1 is 1.50 bits per heavy atom. The van der Waals surface area contributed by atoms with E-state index in [4.69, 9.17) is 0 Å². The predicted molar refractivity (Wildman–Crippen MR) is 63.8 cm³/mol. The number of carbonyl (C=O) groups excluding carboxylic acids is 1. The van der Waals surface area contributed by atoms with Crippen LogP contribution >= 0.6 is 15.9 Å². The fraction of sp³-hybridized carbons (Fsp3) is 0.182. The van der Waals surface area contributed by atoms with E-state index in [1.54, 1.807) is 6.07 Å². The molecule has 0 spiro atoms. The summed E-state index contributed by atoms with van der Waals surface area (Å²) < 4.78 is 0. The molecule has 16 heavy (non-hydrogen) atoms. The van der Waals surface area contributed by atoms with Gasteiger partial charge < -0.3 is 0 Å². The van der Waals surface area contributed by atoms with Crippen LogP contribution in [0.25, 0.3) is 0 Å². The zero-order valence-electron chi connectivity index (χ0n) is 8.27. The molecule has 0 aromatic heterocycles. The highest BCUT2D eigenvalue weighted by Crippen LogP contribution is 2.18. The van der Waals surface area contributed by atoms with Crippen LogP contribution in [0, 0.1) is 22.0 Å². The number of carbonyl (C=O) groups is 1. The number of hydrogen-bond donors (Lipinski definition) is 0. The lowest BCUT2D eigenvalue weighted by Crippen LogP contribution is -1.94. The quantitative estimate of drug-likeness (QED) is 0.281. The van der Waals surface area contributed by atoms with Gasteiger partial charge in [0.1, 0.15) is 0 Å². The van der Waals surface area contributed by atoms with Gasteiger partial charge in [0, 0.05) is 23.4 Å². The zero-order chi connectivity index (χ0) is 12.0. The summed E-state index contributed by atoms with van der Waals surface area (Å²) >= 11 is 3.23. The third-order valence-corrected chi connectivity index (χ3v) is 2.20. The van der Waals surface area contributed by atoms with Gasteiger partial charge in [0.25, 0.3) is 5.69 Å². The molecule has 4 nitrogen and oxygen atoms in total. The molecule has 0 heterocycles. The summed E-state index contributed by atoms with van der Waals surface area (Å²) in [6, 6.07) is 4.31. The lowest BCUT2D eigenvalue weighted by Gasteiger charge is -1.96. The molecule has 0 fully saturated rings. The topological polar surface area (TPSA) is 60.2 Å². The number of nitrogens with zero attached hydrogens (tertiary/aromatic N) is 1. The normalized spacial score (nSPS) is 9.06. The highest BCUT2D eigenvalue weighted by atomic mass is 79.9. The van der Waals surface area contributed by atoms with Crippen LogP contribution in [0.15, 0.2) is 18.2 Å². The summed E-state index contributed by atoms with van der Waals surface area (Å²) in [6.07, 6.45) is 1.14. The van der Waals surface area contributed by atoms with E-state index in [1.807, 2.05) is 0 Å². The van der Waals surface area contributed by atoms with E-state index in [0.29, 0.717) is 18.3 Å². The average Bonchev–Trinajstić information content (AvgIpc) is 2.29. The van der Waals surface area contributed by atoms with Crippen LogP contribution in [0.5, 0.6) is 0 Å². The molecule has 0 amide bonds. The largest absolute Gasteiger partial charge is 0.298 e. The van der Waals surface area contributed by atoms with E-state index >= 15 is 0 Å². The van der Waals surface area contributed by atoms with E-state index in [9.17, 15) is 14.9 Å². The van der Waals surface area contributed by atoms with Crippen molar-refractivity contribution in [3.63, 3.8) is 0 Å². The first kappa shape index (κ1) is 12.4. The second-order valence-corrected chi connectivity index (χ2v) is 3.68. The Balaban J connectivity index is 3.08. The van der Waals surface area contributed by atoms with Crippen LogP contribution in [-0.2, 0) is 0 Å². The summed E-state index contributed by atoms with van der Waals surface area (Å²) in [4.78, 5) is 20.6. The minimum atomic E-state index is -0.584. The predicted octanol–water partition coefficient (Wildman–Crippen LogP) is 2.54. The SMILES string of the molecule is O=Cc1ccc(C#CCCBr)cc1[N+](=O)[O-]. The maximum absolute atomic E-state index is 10.7. The highest BCUT2D eigenvalue weighted by molar-refractivity contribution is 9.09. The van der Waals surface area contributed by atoms with Gasteiger partial charge in [0.15, 0.2) is 6.29 Å². The lowest BCUT2D eigenvalue weighted by atomic mass is 10.1. The van der Waals surface area contributed by atoms with Crippen molar-refractivity contribution in [2.75, 3.05) is 5.33 Å². The Hall–Kier alpha value is -1.67. The molecule has 0 atom stereocenters. The van der Waals surface area contributed by atoms with Crippen molar-refractivity contribution in [1.82, 2.24) is 0 Å². The Morgan fingerprint density at radius 3 is 2.81 bits per heavy atom. The number of alkyl halides is 1. The first-order chi connectivity index (χ1) is 7.69. The molecular formula is C11H8BrNO3. The van der Waals surface area contributed by atoms with Gasteiger partial charge in [0.05, 0.1) is 10.5 Å². The standard InChI is InChI=1S/C11H8BrNO3/c12-6-2-1-3-9-4-5-10(8-14)11(7-9)13(15)16/h4-5,7-8H,2,6H2. The van der Waals surface area contributed by atoms with Crippen molar-refractivity contribution in [3.8, 4) is 11.8 Å². The third-order valence-electron chi connectivity index (χ3n) is 1.81. The number of nitro benzene ring substituents is 1. The summed E-state index contributed by atoms with van der Waals surface area (Å²) in [7, 11) is 0. The van der Waals surface area contributed by atoms with Gasteiger partial charge in [0.2, 0.25) is 0 Å². The van der Waals surface area contributed by atoms with Gasteiger partial charge in [-0.25, -0.2) is 0 Å². The van der Waals surface area contributed by atoms with Crippen molar-refractivity contribution in [3.05, 3.63) is 39.4 Å². The number of nitro groups is 1. The molecule has 0 N–H and O–H groups in total. The molecule has 1 aromatic rings. The zero-order valence-corrected chi connectivity index (χ0v) is 9.86. The van der Waals surface area contributed by atoms with Gasteiger partial charge in [-0.1, -0.05) is 27.8 Å². The Morgan fingerprint density at radius 2 is 2.25 bits per heavy atom. The van der Waals surface area contributed by atoms with Crippen molar-refractivity contribution < 1.29 is 9.72 Å². The molecule has 1 rings (SSSR count). The smallest absolute Gasteiger partial charge is 0.281 e. The van der Waals surface area contributed by atoms with E-state index in [2.05, 4.69) is 27.8 Å². The van der Waals surface area contributed by atoms with Crippen LogP contribution in [0.1, 0.15) is 22.3 Å². The van der Waals surface area contributed by atoms with Crippen LogP contribution in [0.3, 0.4) is 0 Å². The number of benzene rings is 1. The number of aldehydes is 1. The number of halogens is 1. The highest BCUT2D eigenvalue weighted by Gasteiger charge is 2.12. The summed E-state index contributed by atoms with van der Waals surface area (Å²) in [6.45, 7) is 0. The number of hydrogen-bond acceptors (Lipinski definition) is 3. The Kier molecular flexibility index (Phi) is 4.67. The third kappa shape index (κ3) is 3.17. The van der Waals surface area contributed by atoms with Crippen molar-refractivity contribution in [2.45, 2.75) is 6.42 Å². The second kappa shape index (κ2) is 6.03. The van der Waals surface area contributed by atoms with E-state index in [1.165, 1.54) is 12.1 Å². The van der Waals surface area contributed by atoms with Gasteiger partial charge in [-0.2, -0.15) is 0 Å². The first-order valence-electron chi connectivity index (χ1n) is 4.47. The average molecular weight is 282 g/mol. The van der Waals surface area contributed by atoms with E-state index in [0.717, 1.165) is 5.33 Å². The van der Waals surface area contributed by atoms with Crippen molar-refractivity contribution >= 4 is 27.9 Å². The van der Waals surface area contributed by atoms with Crippen LogP contribution in [0.2, 0.25) is 0 Å². The van der Waals surface area contributed by atoms with Crippen molar-refractivity contribution in [1.29, 1.82) is 0 Å². The van der Waals surface area contributed by atoms with E-state index < -0.39 is 4.92 Å². The minimum absolute atomic E-state index is 0.0658. The molecule has 0 bridgehead atoms. The molecule has 0 saturated heterocycles. The lowest BCUT2D eigenvalue weighted by molar-refractivity contribution is -0.385. The summed E-state index contributed by atoms with van der Waals surface area (Å²) in [5.74, 6) is 5.64. The molecule has 0 saturated carbocycles. The van der Waals surface area contributed by atoms with Crippen LogP contribution < -0.4 is 0 Å². The first-order valence-corrected chi connectivity index (χ1v) is 5.59.